The van der Waals surface area contributed by atoms with Crippen molar-refractivity contribution in [1.82, 2.24) is 20.2 Å². The smallest absolute Gasteiger partial charge is 0.414 e. The first-order valence-corrected chi connectivity index (χ1v) is 8.88. The van der Waals surface area contributed by atoms with Gasteiger partial charge in [0, 0.05) is 10.9 Å². The summed E-state index contributed by atoms with van der Waals surface area (Å²) < 4.78 is 19.0. The molecule has 0 atom stereocenters. The third-order valence-corrected chi connectivity index (χ3v) is 4.13. The van der Waals surface area contributed by atoms with Crippen LogP contribution in [0.2, 0.25) is 0 Å². The van der Waals surface area contributed by atoms with E-state index in [0.717, 1.165) is 0 Å². The van der Waals surface area contributed by atoms with Gasteiger partial charge in [-0.2, -0.15) is 5.10 Å². The van der Waals surface area contributed by atoms with Crippen LogP contribution in [0.5, 0.6) is 0 Å². The second-order valence-corrected chi connectivity index (χ2v) is 7.54. The molecule has 2 aromatic carbocycles. The zero-order valence-electron chi connectivity index (χ0n) is 16.0. The Balaban J connectivity index is 1.73. The molecule has 2 heterocycles. The lowest BCUT2D eigenvalue weighted by Gasteiger charge is -2.18. The van der Waals surface area contributed by atoms with Crippen LogP contribution in [0.1, 0.15) is 20.8 Å². The van der Waals surface area contributed by atoms with Gasteiger partial charge in [0.25, 0.3) is 5.56 Å². The maximum Gasteiger partial charge on any atom is 0.414 e. The number of nitrogens with one attached hydrogen (secondary N) is 3. The minimum atomic E-state index is -0.629. The van der Waals surface area contributed by atoms with Crippen LogP contribution in [0.15, 0.2) is 41.2 Å². The number of halogens is 1. The summed E-state index contributed by atoms with van der Waals surface area (Å²) in [6, 6.07) is 9.18. The molecule has 148 valence electrons. The summed E-state index contributed by atoms with van der Waals surface area (Å²) in [4.78, 5) is 31.2. The highest BCUT2D eigenvalue weighted by molar-refractivity contribution is 5.96. The topological polar surface area (TPSA) is 113 Å². The van der Waals surface area contributed by atoms with Gasteiger partial charge in [0.15, 0.2) is 0 Å². The van der Waals surface area contributed by atoms with E-state index in [1.54, 1.807) is 39.0 Å². The van der Waals surface area contributed by atoms with Gasteiger partial charge in [0.1, 0.15) is 11.4 Å². The molecular formula is C20H18FN5O3. The summed E-state index contributed by atoms with van der Waals surface area (Å²) in [6.45, 7) is 5.30. The lowest BCUT2D eigenvalue weighted by Crippen LogP contribution is -2.27. The number of hydrogen-bond donors (Lipinski definition) is 3. The fourth-order valence-corrected chi connectivity index (χ4v) is 2.97. The third kappa shape index (κ3) is 3.79. The maximum atomic E-state index is 13.8. The average molecular weight is 395 g/mol. The molecule has 2 aromatic heterocycles. The Morgan fingerprint density at radius 1 is 1.14 bits per heavy atom. The molecule has 0 saturated carbocycles. The number of ether oxygens (including phenoxy) is 1. The number of anilines is 1. The predicted molar refractivity (Wildman–Crippen MR) is 107 cm³/mol. The second-order valence-electron chi connectivity index (χ2n) is 7.54. The number of imidazole rings is 1. The first-order valence-electron chi connectivity index (χ1n) is 8.88. The molecule has 0 aliphatic carbocycles. The summed E-state index contributed by atoms with van der Waals surface area (Å²) in [5.41, 5.74) is 1.30. The highest BCUT2D eigenvalue weighted by Gasteiger charge is 2.18. The SMILES string of the molecule is CC(C)(C)OC(=O)Nc1nc2ccc(-c3n[nH]c(=O)c4ccc(F)cc34)cc2[nH]1. The van der Waals surface area contributed by atoms with Crippen molar-refractivity contribution in [2.75, 3.05) is 5.32 Å². The predicted octanol–water partition coefficient (Wildman–Crippen LogP) is 3.95. The minimum absolute atomic E-state index is 0.233. The molecule has 0 bridgehead atoms. The fourth-order valence-electron chi connectivity index (χ4n) is 2.97. The summed E-state index contributed by atoms with van der Waals surface area (Å²) in [6.07, 6.45) is -0.624. The van der Waals surface area contributed by atoms with E-state index in [4.69, 9.17) is 4.74 Å². The Labute approximate surface area is 164 Å². The molecule has 29 heavy (non-hydrogen) atoms. The number of carbonyl (C=O) groups excluding carboxylic acids is 1. The largest absolute Gasteiger partial charge is 0.444 e. The normalized spacial score (nSPS) is 11.7. The first kappa shape index (κ1) is 18.6. The van der Waals surface area contributed by atoms with E-state index >= 15 is 0 Å². The summed E-state index contributed by atoms with van der Waals surface area (Å²) >= 11 is 0. The maximum absolute atomic E-state index is 13.8. The highest BCUT2D eigenvalue weighted by atomic mass is 19.1. The Morgan fingerprint density at radius 3 is 2.69 bits per heavy atom. The van der Waals surface area contributed by atoms with Crippen LogP contribution >= 0.6 is 0 Å². The Bertz CT molecular complexity index is 1300. The van der Waals surface area contributed by atoms with Gasteiger partial charge in [-0.05, 0) is 51.1 Å². The molecule has 0 aliphatic heterocycles. The van der Waals surface area contributed by atoms with E-state index in [9.17, 15) is 14.0 Å². The molecule has 0 unspecified atom stereocenters. The Hall–Kier alpha value is -3.75. The van der Waals surface area contributed by atoms with Crippen molar-refractivity contribution in [3.05, 3.63) is 52.6 Å². The second kappa shape index (κ2) is 6.69. The monoisotopic (exact) mass is 395 g/mol. The number of aromatic nitrogens is 4. The number of aromatic amines is 2. The number of fused-ring (bicyclic) bond motifs is 2. The molecule has 1 amide bonds. The van der Waals surface area contributed by atoms with Crippen LogP contribution < -0.4 is 10.9 Å². The molecule has 0 saturated heterocycles. The zero-order valence-corrected chi connectivity index (χ0v) is 16.0. The lowest BCUT2D eigenvalue weighted by atomic mass is 10.0. The number of rotatable bonds is 2. The molecule has 0 aliphatic rings. The number of hydrogen-bond acceptors (Lipinski definition) is 5. The molecular weight excluding hydrogens is 377 g/mol. The first-order chi connectivity index (χ1) is 13.7. The number of carbonyl (C=O) groups is 1. The Morgan fingerprint density at radius 2 is 1.93 bits per heavy atom. The number of benzene rings is 2. The van der Waals surface area contributed by atoms with Crippen LogP contribution in [-0.4, -0.2) is 31.9 Å². The summed E-state index contributed by atoms with van der Waals surface area (Å²) in [5.74, 6) is -0.227. The summed E-state index contributed by atoms with van der Waals surface area (Å²) in [5, 5.41) is 9.82. The van der Waals surface area contributed by atoms with Crippen LogP contribution in [0.25, 0.3) is 33.1 Å². The molecule has 8 nitrogen and oxygen atoms in total. The van der Waals surface area contributed by atoms with Crippen molar-refractivity contribution in [2.24, 2.45) is 0 Å². The quantitative estimate of drug-likeness (QED) is 0.476. The van der Waals surface area contributed by atoms with Crippen LogP contribution in [0.3, 0.4) is 0 Å². The van der Waals surface area contributed by atoms with E-state index in [-0.39, 0.29) is 5.95 Å². The number of H-pyrrole nitrogens is 2. The van der Waals surface area contributed by atoms with Crippen LogP contribution in [-0.2, 0) is 4.74 Å². The van der Waals surface area contributed by atoms with Gasteiger partial charge in [0.2, 0.25) is 5.95 Å². The van der Waals surface area contributed by atoms with Crippen molar-refractivity contribution < 1.29 is 13.9 Å². The van der Waals surface area contributed by atoms with Crippen LogP contribution in [0.4, 0.5) is 15.1 Å². The third-order valence-electron chi connectivity index (χ3n) is 4.13. The minimum Gasteiger partial charge on any atom is -0.444 e. The van der Waals surface area contributed by atoms with Gasteiger partial charge < -0.3 is 9.72 Å². The molecule has 0 radical (unpaired) electrons. The van der Waals surface area contributed by atoms with Gasteiger partial charge >= 0.3 is 6.09 Å². The van der Waals surface area contributed by atoms with Gasteiger partial charge in [-0.25, -0.2) is 19.3 Å². The van der Waals surface area contributed by atoms with E-state index < -0.39 is 23.1 Å². The van der Waals surface area contributed by atoms with Crippen molar-refractivity contribution in [1.29, 1.82) is 0 Å². The number of amides is 1. The summed E-state index contributed by atoms with van der Waals surface area (Å²) in [7, 11) is 0. The van der Waals surface area contributed by atoms with Gasteiger partial charge in [-0.1, -0.05) is 6.07 Å². The highest BCUT2D eigenvalue weighted by Crippen LogP contribution is 2.28. The fraction of sp³-hybridized carbons (Fsp3) is 0.200. The standard InChI is InChI=1S/C20H18FN5O3/c1-20(2,3)29-19(28)24-18-22-14-7-4-10(8-15(14)23-18)16-13-9-11(21)5-6-12(13)17(27)26-25-16/h4-9H,1-3H3,(H,26,27)(H2,22,23,24,28). The van der Waals surface area contributed by atoms with Crippen molar-refractivity contribution in [3.8, 4) is 11.3 Å². The average Bonchev–Trinajstić information content (AvgIpc) is 3.01. The Kier molecular flexibility index (Phi) is 4.30. The van der Waals surface area contributed by atoms with Gasteiger partial charge in [-0.3, -0.25) is 10.1 Å². The van der Waals surface area contributed by atoms with E-state index in [0.29, 0.717) is 33.1 Å². The van der Waals surface area contributed by atoms with E-state index in [1.807, 2.05) is 0 Å². The van der Waals surface area contributed by atoms with Crippen molar-refractivity contribution >= 4 is 33.8 Å². The zero-order chi connectivity index (χ0) is 20.8. The van der Waals surface area contributed by atoms with Gasteiger partial charge in [0.05, 0.1) is 22.1 Å². The van der Waals surface area contributed by atoms with E-state index in [1.165, 1.54) is 18.2 Å². The van der Waals surface area contributed by atoms with Gasteiger partial charge in [-0.15, -0.1) is 0 Å². The molecule has 0 spiro atoms. The van der Waals surface area contributed by atoms with Crippen molar-refractivity contribution in [2.45, 2.75) is 26.4 Å². The lowest BCUT2D eigenvalue weighted by molar-refractivity contribution is 0.0635. The molecule has 4 aromatic rings. The molecule has 4 rings (SSSR count). The van der Waals surface area contributed by atoms with E-state index in [2.05, 4.69) is 25.5 Å². The number of nitrogens with zero attached hydrogens (tertiary/aromatic N) is 2. The molecule has 9 heteroatoms. The van der Waals surface area contributed by atoms with Crippen molar-refractivity contribution in [3.63, 3.8) is 0 Å². The molecule has 3 N–H and O–H groups in total. The molecule has 0 fully saturated rings. The van der Waals surface area contributed by atoms with Crippen LogP contribution in [0, 0.1) is 5.82 Å².